The van der Waals surface area contributed by atoms with Gasteiger partial charge in [-0.3, -0.25) is 0 Å². The summed E-state index contributed by atoms with van der Waals surface area (Å²) in [5, 5.41) is 0. The van der Waals surface area contributed by atoms with Gasteiger partial charge in [0, 0.05) is 0 Å². The molecule has 158 valence electrons. The van der Waals surface area contributed by atoms with Crippen molar-refractivity contribution >= 4 is 30.1 Å². The average molecular weight is 471 g/mol. The number of hydrogen-bond acceptors (Lipinski definition) is 6. The first-order chi connectivity index (χ1) is 11.1. The summed E-state index contributed by atoms with van der Waals surface area (Å²) >= 11 is 0. The third-order valence-corrected chi connectivity index (χ3v) is 5.86. The van der Waals surface area contributed by atoms with E-state index in [4.69, 9.17) is 0 Å². The van der Waals surface area contributed by atoms with Gasteiger partial charge in [-0.25, -0.2) is 25.3 Å². The van der Waals surface area contributed by atoms with Crippen LogP contribution >= 0.6 is 0 Å². The second-order valence-electron chi connectivity index (χ2n) is 3.91. The molecule has 0 fully saturated rings. The maximum atomic E-state index is 12.4. The Morgan fingerprint density at radius 1 is 0.577 bits per heavy atom. The zero-order chi connectivity index (χ0) is 21.4. The van der Waals surface area contributed by atoms with Crippen molar-refractivity contribution < 1.29 is 64.8 Å². The van der Waals surface area contributed by atoms with Crippen molar-refractivity contribution in [2.75, 3.05) is 13.3 Å². The number of nitrogens with zero attached hydrogens (tertiary/aromatic N) is 1. The van der Waals surface area contributed by atoms with Crippen LogP contribution in [0, 0.1) is 0 Å². The summed E-state index contributed by atoms with van der Waals surface area (Å²) in [6.45, 7) is -4.77. The van der Waals surface area contributed by atoms with Crippen LogP contribution in [0.1, 0.15) is 0 Å². The minimum Gasteiger partial charge on any atom is -0.203 e. The first-order valence-corrected chi connectivity index (χ1v) is 9.65. The van der Waals surface area contributed by atoms with E-state index in [1.54, 1.807) is 0 Å². The second kappa shape index (κ2) is 7.26. The summed E-state index contributed by atoms with van der Waals surface area (Å²) in [6.07, 6.45) is 0. The topological polar surface area (TPSA) is 130 Å². The quantitative estimate of drug-likeness (QED) is 0.395. The summed E-state index contributed by atoms with van der Waals surface area (Å²) in [7, 11) is -19.5. The van der Waals surface area contributed by atoms with Crippen molar-refractivity contribution in [3.63, 3.8) is 0 Å². The maximum Gasteiger partial charge on any atom is 0.511 e. The van der Waals surface area contributed by atoms with Crippen molar-refractivity contribution in [1.29, 1.82) is 0 Å². The zero-order valence-electron chi connectivity index (χ0n) is 11.4. The van der Waals surface area contributed by atoms with E-state index in [1.807, 2.05) is 0 Å². The number of nitrogens with one attached hydrogen (secondary N) is 2. The molecule has 0 rings (SSSR count). The molecule has 0 aliphatic carbocycles. The molecule has 0 radical (unpaired) electrons. The molecule has 9 nitrogen and oxygen atoms in total. The summed E-state index contributed by atoms with van der Waals surface area (Å²) in [6, 6.07) is 0. The predicted octanol–water partition coefficient (Wildman–Crippen LogP) is -0.0686. The van der Waals surface area contributed by atoms with Gasteiger partial charge in [0.15, 0.2) is 0 Å². The summed E-state index contributed by atoms with van der Waals surface area (Å²) in [5.74, 6) is 0. The van der Waals surface area contributed by atoms with Crippen LogP contribution < -0.4 is 9.44 Å². The fraction of sp³-hybridized carbons (Fsp3) is 1.00. The average Bonchev–Trinajstić information content (AvgIpc) is 2.33. The van der Waals surface area contributed by atoms with E-state index in [1.165, 1.54) is 0 Å². The van der Waals surface area contributed by atoms with Crippen LogP contribution in [-0.2, 0) is 30.1 Å². The minimum atomic E-state index is -6.73. The lowest BCUT2D eigenvalue weighted by atomic mass is 11.0. The van der Waals surface area contributed by atoms with Crippen LogP contribution in [0.25, 0.3) is 0 Å². The lowest BCUT2D eigenvalue weighted by Gasteiger charge is -2.24. The van der Waals surface area contributed by atoms with Gasteiger partial charge in [0.05, 0.1) is 13.3 Å². The van der Waals surface area contributed by atoms with Crippen LogP contribution in [0.3, 0.4) is 0 Å². The van der Waals surface area contributed by atoms with E-state index in [0.29, 0.717) is 9.44 Å². The zero-order valence-corrected chi connectivity index (χ0v) is 13.9. The van der Waals surface area contributed by atoms with E-state index in [9.17, 15) is 64.8 Å². The molecule has 0 heterocycles. The molecule has 0 atom stereocenters. The fourth-order valence-electron chi connectivity index (χ4n) is 0.850. The smallest absolute Gasteiger partial charge is 0.203 e. The Kier molecular flexibility index (Phi) is 7.00. The first-order valence-electron chi connectivity index (χ1n) is 5.24. The Morgan fingerprint density at radius 3 is 1.04 bits per heavy atom. The number of halogens is 9. The van der Waals surface area contributed by atoms with E-state index in [0.717, 1.165) is 0 Å². The van der Waals surface area contributed by atoms with Gasteiger partial charge in [-0.15, -0.1) is 0 Å². The van der Waals surface area contributed by atoms with Gasteiger partial charge < -0.3 is 0 Å². The van der Waals surface area contributed by atoms with E-state index in [-0.39, 0.29) is 0 Å². The molecule has 0 aromatic carbocycles. The predicted molar refractivity (Wildman–Crippen MR) is 62.8 cm³/mol. The Morgan fingerprint density at radius 2 is 0.846 bits per heavy atom. The Balaban J connectivity index is 5.70. The van der Waals surface area contributed by atoms with Gasteiger partial charge in [-0.05, 0) is 0 Å². The van der Waals surface area contributed by atoms with Gasteiger partial charge in [0.1, 0.15) is 0 Å². The van der Waals surface area contributed by atoms with Crippen molar-refractivity contribution in [1.82, 2.24) is 13.7 Å². The highest BCUT2D eigenvalue weighted by molar-refractivity contribution is 7.91. The SMILES string of the molecule is O=S(=O)(NCN(CNS(=O)(=O)C(F)(F)F)S(=O)(=O)C(F)(F)F)C(F)(F)F. The van der Waals surface area contributed by atoms with Crippen LogP contribution in [-0.4, -0.2) is 59.4 Å². The Labute approximate surface area is 139 Å². The van der Waals surface area contributed by atoms with Crippen molar-refractivity contribution in [2.24, 2.45) is 0 Å². The summed E-state index contributed by atoms with van der Waals surface area (Å²) in [5.41, 5.74) is -18.5. The molecule has 0 aliphatic rings. The van der Waals surface area contributed by atoms with Gasteiger partial charge in [0.25, 0.3) is 0 Å². The number of hydrogen-bond donors (Lipinski definition) is 2. The molecule has 0 amide bonds. The van der Waals surface area contributed by atoms with Gasteiger partial charge >= 0.3 is 46.6 Å². The van der Waals surface area contributed by atoms with E-state index < -0.39 is 64.2 Å². The van der Waals surface area contributed by atoms with Gasteiger partial charge in [-0.1, -0.05) is 0 Å². The molecular formula is C5H6F9N3O6S3. The molecule has 21 heteroatoms. The largest absolute Gasteiger partial charge is 0.511 e. The molecule has 0 saturated heterocycles. The monoisotopic (exact) mass is 471 g/mol. The third-order valence-electron chi connectivity index (χ3n) is 2.10. The Hall–Kier alpha value is -0.900. The third kappa shape index (κ3) is 5.80. The number of alkyl halides is 9. The molecule has 0 unspecified atom stereocenters. The molecular weight excluding hydrogens is 465 g/mol. The molecule has 2 N–H and O–H groups in total. The van der Waals surface area contributed by atoms with Gasteiger partial charge in [0.2, 0.25) is 0 Å². The minimum absolute atomic E-state index is 0.330. The van der Waals surface area contributed by atoms with Crippen molar-refractivity contribution in [3.8, 4) is 0 Å². The van der Waals surface area contributed by atoms with Crippen LogP contribution in [0.2, 0.25) is 0 Å². The molecule has 0 bridgehead atoms. The molecule has 0 aromatic heterocycles. The lowest BCUT2D eigenvalue weighted by Crippen LogP contribution is -2.53. The molecule has 0 spiro atoms. The van der Waals surface area contributed by atoms with Crippen LogP contribution in [0.4, 0.5) is 39.5 Å². The lowest BCUT2D eigenvalue weighted by molar-refractivity contribution is -0.0497. The molecule has 26 heavy (non-hydrogen) atoms. The number of sulfonamides is 3. The highest BCUT2D eigenvalue weighted by Crippen LogP contribution is 2.28. The highest BCUT2D eigenvalue weighted by Gasteiger charge is 2.53. The molecule has 0 aliphatic heterocycles. The van der Waals surface area contributed by atoms with Crippen molar-refractivity contribution in [2.45, 2.75) is 16.5 Å². The second-order valence-corrected chi connectivity index (χ2v) is 9.35. The molecule has 0 aromatic rings. The highest BCUT2D eigenvalue weighted by atomic mass is 32.2. The standard InChI is InChI=1S/C5H6F9N3O6S3/c6-3(7,8)24(18,19)15-1-17(26(22,23)5(12,13)14)2-16-25(20,21)4(9,10)11/h15-16H,1-2H2. The maximum absolute atomic E-state index is 12.4. The normalized spacial score (nSPS) is 15.5. The first kappa shape index (κ1) is 25.1. The van der Waals surface area contributed by atoms with E-state index in [2.05, 4.69) is 0 Å². The Bertz CT molecular complexity index is 761. The van der Waals surface area contributed by atoms with Crippen LogP contribution in [0.15, 0.2) is 0 Å². The molecule has 0 saturated carbocycles. The number of rotatable bonds is 7. The van der Waals surface area contributed by atoms with Gasteiger partial charge in [-0.2, -0.15) is 53.3 Å². The fourth-order valence-corrected chi connectivity index (χ4v) is 2.75. The van der Waals surface area contributed by atoms with E-state index >= 15 is 0 Å². The van der Waals surface area contributed by atoms with Crippen LogP contribution in [0.5, 0.6) is 0 Å². The van der Waals surface area contributed by atoms with Crippen molar-refractivity contribution in [3.05, 3.63) is 0 Å². The summed E-state index contributed by atoms with van der Waals surface area (Å²) in [4.78, 5) is 0. The summed E-state index contributed by atoms with van der Waals surface area (Å²) < 4.78 is 173.